The monoisotopic (exact) mass is 290 g/mol. The van der Waals surface area contributed by atoms with Gasteiger partial charge in [-0.1, -0.05) is 34.6 Å². The minimum atomic E-state index is 0.308. The molecule has 4 nitrogen and oxygen atoms in total. The number of rotatable bonds is 7. The van der Waals surface area contributed by atoms with Crippen LogP contribution in [0.2, 0.25) is 0 Å². The lowest BCUT2D eigenvalue weighted by atomic mass is 9.82. The summed E-state index contributed by atoms with van der Waals surface area (Å²) in [5, 5.41) is 6.88. The van der Waals surface area contributed by atoms with Crippen molar-refractivity contribution >= 4 is 11.6 Å². The molecule has 118 valence electrons. The highest BCUT2D eigenvalue weighted by Crippen LogP contribution is 2.39. The van der Waals surface area contributed by atoms with E-state index in [1.54, 1.807) is 0 Å². The second kappa shape index (κ2) is 6.63. The summed E-state index contributed by atoms with van der Waals surface area (Å²) in [5.74, 6) is 4.08. The summed E-state index contributed by atoms with van der Waals surface area (Å²) in [7, 11) is 0. The van der Waals surface area contributed by atoms with Crippen molar-refractivity contribution in [2.75, 3.05) is 23.7 Å². The molecule has 1 saturated carbocycles. The van der Waals surface area contributed by atoms with E-state index in [4.69, 9.17) is 4.98 Å². The van der Waals surface area contributed by atoms with Crippen LogP contribution in [0.15, 0.2) is 6.07 Å². The lowest BCUT2D eigenvalue weighted by Gasteiger charge is -2.27. The second-order valence-corrected chi connectivity index (χ2v) is 7.35. The summed E-state index contributed by atoms with van der Waals surface area (Å²) in [6.45, 7) is 13.2. The maximum Gasteiger partial charge on any atom is 0.136 e. The van der Waals surface area contributed by atoms with Crippen LogP contribution in [-0.4, -0.2) is 23.1 Å². The number of anilines is 2. The van der Waals surface area contributed by atoms with Crippen molar-refractivity contribution in [1.29, 1.82) is 0 Å². The molecule has 1 aromatic heterocycles. The quantitative estimate of drug-likeness (QED) is 0.787. The predicted octanol–water partition coefficient (Wildman–Crippen LogP) is 4.27. The van der Waals surface area contributed by atoms with Crippen molar-refractivity contribution < 1.29 is 0 Å². The molecule has 2 rings (SSSR count). The largest absolute Gasteiger partial charge is 0.370 e. The molecule has 1 fully saturated rings. The molecule has 21 heavy (non-hydrogen) atoms. The van der Waals surface area contributed by atoms with E-state index in [9.17, 15) is 0 Å². The van der Waals surface area contributed by atoms with Gasteiger partial charge in [0.1, 0.15) is 17.5 Å². The first-order valence-corrected chi connectivity index (χ1v) is 8.27. The summed E-state index contributed by atoms with van der Waals surface area (Å²) in [6, 6.07) is 2.04. The van der Waals surface area contributed by atoms with E-state index >= 15 is 0 Å². The van der Waals surface area contributed by atoms with E-state index in [0.29, 0.717) is 17.3 Å². The predicted molar refractivity (Wildman–Crippen MR) is 89.9 cm³/mol. The van der Waals surface area contributed by atoms with Crippen LogP contribution in [0.3, 0.4) is 0 Å². The fourth-order valence-electron chi connectivity index (χ4n) is 1.99. The third kappa shape index (κ3) is 4.87. The van der Waals surface area contributed by atoms with Crippen molar-refractivity contribution in [3.8, 4) is 0 Å². The van der Waals surface area contributed by atoms with Gasteiger partial charge in [0, 0.05) is 25.1 Å². The minimum Gasteiger partial charge on any atom is -0.370 e. The molecular weight excluding hydrogens is 260 g/mol. The fourth-order valence-corrected chi connectivity index (χ4v) is 1.99. The Hall–Kier alpha value is -1.32. The third-order valence-electron chi connectivity index (χ3n) is 4.31. The van der Waals surface area contributed by atoms with Gasteiger partial charge in [-0.15, -0.1) is 0 Å². The smallest absolute Gasteiger partial charge is 0.136 e. The molecule has 2 N–H and O–H groups in total. The van der Waals surface area contributed by atoms with Gasteiger partial charge < -0.3 is 10.6 Å². The lowest BCUT2D eigenvalue weighted by molar-refractivity contribution is 0.274. The highest BCUT2D eigenvalue weighted by Gasteiger charge is 2.27. The Morgan fingerprint density at radius 2 is 1.81 bits per heavy atom. The van der Waals surface area contributed by atoms with Gasteiger partial charge in [0.25, 0.3) is 0 Å². The molecule has 1 aromatic rings. The average Bonchev–Trinajstić information content (AvgIpc) is 3.25. The molecule has 1 atom stereocenters. The van der Waals surface area contributed by atoms with Gasteiger partial charge in [0.2, 0.25) is 0 Å². The fraction of sp³-hybridized carbons (Fsp3) is 0.765. The maximum absolute atomic E-state index is 4.70. The highest BCUT2D eigenvalue weighted by molar-refractivity contribution is 5.48. The molecule has 1 unspecified atom stereocenters. The summed E-state index contributed by atoms with van der Waals surface area (Å²) in [6.07, 6.45) is 3.57. The van der Waals surface area contributed by atoms with Gasteiger partial charge in [-0.3, -0.25) is 0 Å². The molecule has 4 heteroatoms. The minimum absolute atomic E-state index is 0.308. The van der Waals surface area contributed by atoms with Gasteiger partial charge in [0.05, 0.1) is 0 Å². The maximum atomic E-state index is 4.70. The number of aromatic nitrogens is 2. The number of nitrogens with one attached hydrogen (secondary N) is 2. The van der Waals surface area contributed by atoms with Crippen molar-refractivity contribution in [2.45, 2.75) is 59.8 Å². The Kier molecular flexibility index (Phi) is 5.07. The molecule has 1 aliphatic rings. The van der Waals surface area contributed by atoms with Gasteiger partial charge >= 0.3 is 0 Å². The topological polar surface area (TPSA) is 49.8 Å². The van der Waals surface area contributed by atoms with E-state index in [2.05, 4.69) is 50.2 Å². The van der Waals surface area contributed by atoms with Gasteiger partial charge in [-0.25, -0.2) is 9.97 Å². The number of hydrogen-bond acceptors (Lipinski definition) is 4. The molecule has 0 aromatic carbocycles. The van der Waals surface area contributed by atoms with Crippen LogP contribution < -0.4 is 10.6 Å². The molecule has 0 aliphatic heterocycles. The summed E-state index contributed by atoms with van der Waals surface area (Å²) in [5.41, 5.74) is 0.308. The van der Waals surface area contributed by atoms with Crippen LogP contribution in [0.4, 0.5) is 11.6 Å². The Balaban J connectivity index is 2.05. The van der Waals surface area contributed by atoms with Gasteiger partial charge in [-0.2, -0.15) is 0 Å². The van der Waals surface area contributed by atoms with E-state index in [-0.39, 0.29) is 0 Å². The normalized spacial score (nSPS) is 16.6. The van der Waals surface area contributed by atoms with Crippen molar-refractivity contribution in [1.82, 2.24) is 9.97 Å². The average molecular weight is 290 g/mol. The number of nitrogens with zero attached hydrogens (tertiary/aromatic N) is 2. The van der Waals surface area contributed by atoms with Crippen molar-refractivity contribution in [3.05, 3.63) is 11.9 Å². The van der Waals surface area contributed by atoms with E-state index in [0.717, 1.165) is 37.0 Å². The molecule has 0 amide bonds. The Morgan fingerprint density at radius 3 is 2.33 bits per heavy atom. The van der Waals surface area contributed by atoms with Crippen LogP contribution >= 0.6 is 0 Å². The SMILES string of the molecule is CCCNc1cc(NCC(C)C(C)(C)C)nc(C2CC2)n1. The van der Waals surface area contributed by atoms with Crippen molar-refractivity contribution in [3.63, 3.8) is 0 Å². The zero-order chi connectivity index (χ0) is 15.5. The second-order valence-electron chi connectivity index (χ2n) is 7.35. The zero-order valence-electron chi connectivity index (χ0n) is 14.2. The van der Waals surface area contributed by atoms with Crippen molar-refractivity contribution in [2.24, 2.45) is 11.3 Å². The van der Waals surface area contributed by atoms with Crippen LogP contribution in [-0.2, 0) is 0 Å². The Labute approximate surface area is 129 Å². The lowest BCUT2D eigenvalue weighted by Crippen LogP contribution is -2.25. The standard InChI is InChI=1S/C17H30N4/c1-6-9-18-14-10-15(19-11-12(2)17(3,4)5)21-16(20-14)13-7-8-13/h10,12-13H,6-9,11H2,1-5H3,(H2,18,19,20,21). The van der Waals surface area contributed by atoms with Crippen LogP contribution in [0.5, 0.6) is 0 Å². The van der Waals surface area contributed by atoms with E-state index in [1.807, 2.05) is 6.07 Å². The first kappa shape index (κ1) is 16.1. The van der Waals surface area contributed by atoms with Gasteiger partial charge in [0.15, 0.2) is 0 Å². The molecular formula is C17H30N4. The molecule has 0 bridgehead atoms. The summed E-state index contributed by atoms with van der Waals surface area (Å²) >= 11 is 0. The Morgan fingerprint density at radius 1 is 1.19 bits per heavy atom. The highest BCUT2D eigenvalue weighted by atomic mass is 15.1. The third-order valence-corrected chi connectivity index (χ3v) is 4.31. The first-order chi connectivity index (χ1) is 9.90. The van der Waals surface area contributed by atoms with E-state index in [1.165, 1.54) is 12.8 Å². The van der Waals surface area contributed by atoms with Crippen LogP contribution in [0, 0.1) is 11.3 Å². The molecule has 0 radical (unpaired) electrons. The summed E-state index contributed by atoms with van der Waals surface area (Å²) < 4.78 is 0. The van der Waals surface area contributed by atoms with Gasteiger partial charge in [-0.05, 0) is 30.6 Å². The summed E-state index contributed by atoms with van der Waals surface area (Å²) in [4.78, 5) is 9.34. The van der Waals surface area contributed by atoms with Crippen LogP contribution in [0.25, 0.3) is 0 Å². The molecule has 0 saturated heterocycles. The zero-order valence-corrected chi connectivity index (χ0v) is 14.2. The Bertz CT molecular complexity index is 460. The molecule has 1 aliphatic carbocycles. The molecule has 1 heterocycles. The molecule has 0 spiro atoms. The number of hydrogen-bond donors (Lipinski definition) is 2. The first-order valence-electron chi connectivity index (χ1n) is 8.27. The van der Waals surface area contributed by atoms with E-state index < -0.39 is 0 Å². The van der Waals surface area contributed by atoms with Crippen LogP contribution in [0.1, 0.15) is 65.6 Å².